The van der Waals surface area contributed by atoms with Crippen molar-refractivity contribution >= 4 is 27.7 Å². The second-order valence-electron chi connectivity index (χ2n) is 6.17. The topological polar surface area (TPSA) is 84.6 Å². The Labute approximate surface area is 163 Å². The molecule has 0 bridgehead atoms. The van der Waals surface area contributed by atoms with Gasteiger partial charge in [-0.3, -0.25) is 4.79 Å². The zero-order chi connectivity index (χ0) is 19.4. The third-order valence-corrected chi connectivity index (χ3v) is 7.39. The van der Waals surface area contributed by atoms with Crippen LogP contribution in [0.15, 0.2) is 64.6 Å². The summed E-state index contributed by atoms with van der Waals surface area (Å²) < 4.78 is 27.5. The van der Waals surface area contributed by atoms with Crippen LogP contribution in [0.25, 0.3) is 0 Å². The molecule has 1 fully saturated rings. The lowest BCUT2D eigenvalue weighted by atomic mass is 10.3. The lowest BCUT2D eigenvalue weighted by Gasteiger charge is -2.35. The Balaban J connectivity index is 1.60. The van der Waals surface area contributed by atoms with Crippen molar-refractivity contribution in [1.29, 1.82) is 0 Å². The standard InChI is InChI=1S/C18H21N3O4S2/c1-15(26-17-9-5-6-10-21(17)23)18(22)19-11-13-20(14-12-19)27(24,25)16-7-3-2-4-8-16/h2-10,15H,11-14H2,1H3/t15-/m1/s1. The summed E-state index contributed by atoms with van der Waals surface area (Å²) in [5.41, 5.74) is 0. The zero-order valence-corrected chi connectivity index (χ0v) is 16.5. The van der Waals surface area contributed by atoms with Gasteiger partial charge in [-0.15, -0.1) is 0 Å². The van der Waals surface area contributed by atoms with Gasteiger partial charge in [0.05, 0.1) is 10.1 Å². The summed E-state index contributed by atoms with van der Waals surface area (Å²) in [5.74, 6) is -0.0967. The SMILES string of the molecule is C[C@@H](Sc1cccc[n+]1[O-])C(=O)N1CCN(S(=O)(=O)c2ccccc2)CC1. The number of rotatable bonds is 5. The highest BCUT2D eigenvalue weighted by Crippen LogP contribution is 2.23. The summed E-state index contributed by atoms with van der Waals surface area (Å²) in [6.07, 6.45) is 1.40. The number of pyridine rings is 1. The fourth-order valence-electron chi connectivity index (χ4n) is 2.88. The van der Waals surface area contributed by atoms with Crippen LogP contribution in [0.4, 0.5) is 0 Å². The lowest BCUT2D eigenvalue weighted by molar-refractivity contribution is -0.645. The van der Waals surface area contributed by atoms with Gasteiger partial charge in [0.15, 0.2) is 6.20 Å². The number of sulfonamides is 1. The Hall–Kier alpha value is -2.10. The number of hydrogen-bond acceptors (Lipinski definition) is 5. The number of benzene rings is 1. The van der Waals surface area contributed by atoms with Crippen LogP contribution in [0.1, 0.15) is 6.92 Å². The van der Waals surface area contributed by atoms with Gasteiger partial charge in [-0.25, -0.2) is 8.42 Å². The van der Waals surface area contributed by atoms with E-state index in [1.165, 1.54) is 22.3 Å². The molecule has 1 atom stereocenters. The molecule has 27 heavy (non-hydrogen) atoms. The van der Waals surface area contributed by atoms with E-state index in [0.717, 1.165) is 4.73 Å². The Kier molecular flexibility index (Phi) is 6.03. The van der Waals surface area contributed by atoms with Gasteiger partial charge in [-0.2, -0.15) is 9.04 Å². The fraction of sp³-hybridized carbons (Fsp3) is 0.333. The summed E-state index contributed by atoms with van der Waals surface area (Å²) in [4.78, 5) is 14.6. The van der Waals surface area contributed by atoms with Crippen LogP contribution in [0.2, 0.25) is 0 Å². The van der Waals surface area contributed by atoms with Gasteiger partial charge in [-0.05, 0) is 36.9 Å². The number of piperazine rings is 1. The first-order valence-electron chi connectivity index (χ1n) is 8.58. The zero-order valence-electron chi connectivity index (χ0n) is 14.9. The van der Waals surface area contributed by atoms with Crippen molar-refractivity contribution in [2.45, 2.75) is 22.1 Å². The van der Waals surface area contributed by atoms with Crippen molar-refractivity contribution in [2.75, 3.05) is 26.2 Å². The molecule has 0 radical (unpaired) electrons. The molecule has 1 saturated heterocycles. The minimum Gasteiger partial charge on any atom is -0.618 e. The molecule has 144 valence electrons. The van der Waals surface area contributed by atoms with Gasteiger partial charge in [0.1, 0.15) is 0 Å². The van der Waals surface area contributed by atoms with Crippen molar-refractivity contribution < 1.29 is 17.9 Å². The highest BCUT2D eigenvalue weighted by molar-refractivity contribution is 8.00. The van der Waals surface area contributed by atoms with Crippen molar-refractivity contribution in [3.63, 3.8) is 0 Å². The third-order valence-electron chi connectivity index (χ3n) is 4.37. The molecule has 0 N–H and O–H groups in total. The van der Waals surface area contributed by atoms with Crippen LogP contribution in [0.5, 0.6) is 0 Å². The first-order valence-corrected chi connectivity index (χ1v) is 10.9. The molecular weight excluding hydrogens is 386 g/mol. The molecule has 7 nitrogen and oxygen atoms in total. The molecule has 9 heteroatoms. The number of hydrogen-bond donors (Lipinski definition) is 0. The Bertz CT molecular complexity index is 898. The van der Waals surface area contributed by atoms with Gasteiger partial charge in [-0.1, -0.05) is 18.2 Å². The second-order valence-corrected chi connectivity index (χ2v) is 9.47. The number of amides is 1. The maximum absolute atomic E-state index is 12.7. The first kappa shape index (κ1) is 19.7. The predicted octanol–water partition coefficient (Wildman–Crippen LogP) is 1.33. The number of carbonyl (C=O) groups excluding carboxylic acids is 1. The molecule has 1 amide bonds. The van der Waals surface area contributed by atoms with Crippen LogP contribution in [0, 0.1) is 5.21 Å². The third kappa shape index (κ3) is 4.42. The molecule has 1 aliphatic rings. The van der Waals surface area contributed by atoms with E-state index in [4.69, 9.17) is 0 Å². The largest absolute Gasteiger partial charge is 0.618 e. The molecule has 0 saturated carbocycles. The van der Waals surface area contributed by atoms with Crippen LogP contribution < -0.4 is 4.73 Å². The van der Waals surface area contributed by atoms with E-state index in [1.54, 1.807) is 60.4 Å². The van der Waals surface area contributed by atoms with Crippen molar-refractivity contribution in [2.24, 2.45) is 0 Å². The first-order chi connectivity index (χ1) is 12.9. The van der Waals surface area contributed by atoms with Gasteiger partial charge in [0.25, 0.3) is 5.03 Å². The van der Waals surface area contributed by atoms with Crippen LogP contribution in [0.3, 0.4) is 0 Å². The molecule has 1 aromatic carbocycles. The van der Waals surface area contributed by atoms with Crippen LogP contribution in [-0.4, -0.2) is 55.0 Å². The van der Waals surface area contributed by atoms with E-state index in [-0.39, 0.29) is 23.9 Å². The highest BCUT2D eigenvalue weighted by atomic mass is 32.2. The monoisotopic (exact) mass is 407 g/mol. The normalized spacial score (nSPS) is 16.9. The van der Waals surface area contributed by atoms with Crippen LogP contribution in [-0.2, 0) is 14.8 Å². The molecule has 0 spiro atoms. The van der Waals surface area contributed by atoms with E-state index >= 15 is 0 Å². The van der Waals surface area contributed by atoms with E-state index < -0.39 is 15.3 Å². The quantitative estimate of drug-likeness (QED) is 0.424. The molecule has 1 aromatic heterocycles. The lowest BCUT2D eigenvalue weighted by Crippen LogP contribution is -2.52. The summed E-state index contributed by atoms with van der Waals surface area (Å²) in [7, 11) is -3.54. The van der Waals surface area contributed by atoms with E-state index in [2.05, 4.69) is 0 Å². The van der Waals surface area contributed by atoms with Crippen molar-refractivity contribution in [3.8, 4) is 0 Å². The molecular formula is C18H21N3O4S2. The number of nitrogens with zero attached hydrogens (tertiary/aromatic N) is 3. The van der Waals surface area contributed by atoms with Crippen molar-refractivity contribution in [1.82, 2.24) is 9.21 Å². The Morgan fingerprint density at radius 3 is 2.33 bits per heavy atom. The smallest absolute Gasteiger partial charge is 0.252 e. The van der Waals surface area contributed by atoms with E-state index in [0.29, 0.717) is 18.1 Å². The summed E-state index contributed by atoms with van der Waals surface area (Å²) >= 11 is 1.20. The molecule has 3 rings (SSSR count). The Morgan fingerprint density at radius 2 is 1.70 bits per heavy atom. The molecule has 0 aliphatic carbocycles. The maximum atomic E-state index is 12.7. The minimum atomic E-state index is -3.54. The molecule has 2 heterocycles. The molecule has 2 aromatic rings. The van der Waals surface area contributed by atoms with Gasteiger partial charge >= 0.3 is 0 Å². The molecule has 0 unspecified atom stereocenters. The summed E-state index contributed by atoms with van der Waals surface area (Å²) in [6, 6.07) is 13.4. The van der Waals surface area contributed by atoms with Gasteiger partial charge < -0.3 is 10.1 Å². The van der Waals surface area contributed by atoms with Crippen LogP contribution >= 0.6 is 11.8 Å². The summed E-state index contributed by atoms with van der Waals surface area (Å²) in [6.45, 7) is 2.94. The number of thioether (sulfide) groups is 1. The van der Waals surface area contributed by atoms with Crippen molar-refractivity contribution in [3.05, 3.63) is 59.9 Å². The summed E-state index contributed by atoms with van der Waals surface area (Å²) in [5, 5.41) is 11.8. The predicted molar refractivity (Wildman–Crippen MR) is 103 cm³/mol. The van der Waals surface area contributed by atoms with Gasteiger partial charge in [0, 0.05) is 38.3 Å². The second kappa shape index (κ2) is 8.28. The fourth-order valence-corrected chi connectivity index (χ4v) is 5.26. The maximum Gasteiger partial charge on any atom is 0.252 e. The van der Waals surface area contributed by atoms with E-state index in [1.807, 2.05) is 0 Å². The minimum absolute atomic E-state index is 0.0967. The Morgan fingerprint density at radius 1 is 1.07 bits per heavy atom. The van der Waals surface area contributed by atoms with E-state index in [9.17, 15) is 18.4 Å². The number of carbonyl (C=O) groups is 1. The average Bonchev–Trinajstić information content (AvgIpc) is 2.70. The average molecular weight is 408 g/mol. The number of aromatic nitrogens is 1. The van der Waals surface area contributed by atoms with Gasteiger partial charge in [0.2, 0.25) is 15.9 Å². The highest BCUT2D eigenvalue weighted by Gasteiger charge is 2.32. The molecule has 1 aliphatic heterocycles.